The number of esters is 1. The summed E-state index contributed by atoms with van der Waals surface area (Å²) >= 11 is 0. The quantitative estimate of drug-likeness (QED) is 0.257. The lowest BCUT2D eigenvalue weighted by atomic mass is 10.2. The van der Waals surface area contributed by atoms with E-state index >= 15 is 0 Å². The molecular weight excluding hydrogens is 420 g/mol. The Bertz CT molecular complexity index is 1180. The monoisotopic (exact) mass is 437 g/mol. The molecule has 0 spiro atoms. The van der Waals surface area contributed by atoms with Crippen molar-refractivity contribution in [3.63, 3.8) is 0 Å². The molecule has 0 saturated heterocycles. The molecule has 2 amide bonds. The van der Waals surface area contributed by atoms with E-state index in [1.807, 2.05) is 0 Å². The molecular formula is C23H17F2N3O4. The number of carbonyl (C=O) groups is 3. The zero-order chi connectivity index (χ0) is 22.9. The minimum absolute atomic E-state index is 0.0663. The molecule has 32 heavy (non-hydrogen) atoms. The first-order chi connectivity index (χ1) is 15.4. The van der Waals surface area contributed by atoms with Gasteiger partial charge in [0.15, 0.2) is 0 Å². The molecule has 0 bridgehead atoms. The minimum atomic E-state index is -0.721. The zero-order valence-corrected chi connectivity index (χ0v) is 16.5. The van der Waals surface area contributed by atoms with Crippen LogP contribution < -0.4 is 15.5 Å². The molecule has 0 aliphatic rings. The standard InChI is InChI=1S/C23H17F2N3O4/c24-18-7-2-5-16(11-18)22(30)26-14-21(29)28-27-13-15-4-1-9-20(10-15)32-23(31)17-6-3-8-19(25)12-17/h1-13H,14H2,(H,26,30)(H,28,29)/b27-13+. The van der Waals surface area contributed by atoms with Crippen LogP contribution in [0.1, 0.15) is 26.3 Å². The summed E-state index contributed by atoms with van der Waals surface area (Å²) in [5.41, 5.74) is 2.90. The number of hydrogen-bond acceptors (Lipinski definition) is 5. The van der Waals surface area contributed by atoms with Crippen molar-refractivity contribution in [3.05, 3.63) is 101 Å². The van der Waals surface area contributed by atoms with Gasteiger partial charge in [0.25, 0.3) is 11.8 Å². The molecule has 162 valence electrons. The summed E-state index contributed by atoms with van der Waals surface area (Å²) in [7, 11) is 0. The van der Waals surface area contributed by atoms with Gasteiger partial charge in [-0.2, -0.15) is 5.10 Å². The van der Waals surface area contributed by atoms with Gasteiger partial charge < -0.3 is 10.1 Å². The van der Waals surface area contributed by atoms with E-state index < -0.39 is 29.4 Å². The number of nitrogens with one attached hydrogen (secondary N) is 2. The van der Waals surface area contributed by atoms with Gasteiger partial charge in [-0.25, -0.2) is 19.0 Å². The number of hydrogen-bond donors (Lipinski definition) is 2. The van der Waals surface area contributed by atoms with Crippen molar-refractivity contribution in [1.29, 1.82) is 0 Å². The third-order valence-electron chi connectivity index (χ3n) is 4.03. The van der Waals surface area contributed by atoms with E-state index in [4.69, 9.17) is 4.74 Å². The third kappa shape index (κ3) is 6.56. The lowest BCUT2D eigenvalue weighted by Gasteiger charge is -2.05. The number of rotatable bonds is 7. The predicted molar refractivity (Wildman–Crippen MR) is 112 cm³/mol. The molecule has 0 aliphatic carbocycles. The first kappa shape index (κ1) is 22.3. The number of hydrazone groups is 1. The highest BCUT2D eigenvalue weighted by atomic mass is 19.1. The number of nitrogens with zero attached hydrogens (tertiary/aromatic N) is 1. The molecule has 3 aromatic carbocycles. The fraction of sp³-hybridized carbons (Fsp3) is 0.0435. The van der Waals surface area contributed by atoms with E-state index in [-0.39, 0.29) is 23.4 Å². The van der Waals surface area contributed by atoms with E-state index in [2.05, 4.69) is 15.8 Å². The summed E-state index contributed by atoms with van der Waals surface area (Å²) in [5.74, 6) is -2.83. The molecule has 7 nitrogen and oxygen atoms in total. The SMILES string of the molecule is O=C(CNC(=O)c1cccc(F)c1)N/N=C/c1cccc(OC(=O)c2cccc(F)c2)c1. The second-order valence-electron chi connectivity index (χ2n) is 6.46. The normalized spacial score (nSPS) is 10.6. The summed E-state index contributed by atoms with van der Waals surface area (Å²) in [5, 5.41) is 6.12. The van der Waals surface area contributed by atoms with Gasteiger partial charge in [-0.3, -0.25) is 9.59 Å². The first-order valence-corrected chi connectivity index (χ1v) is 9.34. The minimum Gasteiger partial charge on any atom is -0.423 e. The van der Waals surface area contributed by atoms with Crippen molar-refractivity contribution in [2.45, 2.75) is 0 Å². The van der Waals surface area contributed by atoms with Crippen LogP contribution in [-0.4, -0.2) is 30.5 Å². The summed E-state index contributed by atoms with van der Waals surface area (Å²) in [6, 6.07) is 16.5. The lowest BCUT2D eigenvalue weighted by molar-refractivity contribution is -0.120. The molecule has 0 unspecified atom stereocenters. The molecule has 0 aromatic heterocycles. The average molecular weight is 437 g/mol. The van der Waals surface area contributed by atoms with Gasteiger partial charge >= 0.3 is 5.97 Å². The molecule has 9 heteroatoms. The van der Waals surface area contributed by atoms with Gasteiger partial charge in [-0.15, -0.1) is 0 Å². The molecule has 0 aliphatic heterocycles. The lowest BCUT2D eigenvalue weighted by Crippen LogP contribution is -2.34. The van der Waals surface area contributed by atoms with E-state index in [0.29, 0.717) is 5.56 Å². The van der Waals surface area contributed by atoms with Crippen LogP contribution in [0.15, 0.2) is 77.9 Å². The van der Waals surface area contributed by atoms with Gasteiger partial charge in [0.2, 0.25) is 0 Å². The third-order valence-corrected chi connectivity index (χ3v) is 4.03. The molecule has 0 heterocycles. The van der Waals surface area contributed by atoms with Crippen LogP contribution in [0.5, 0.6) is 5.75 Å². The second-order valence-corrected chi connectivity index (χ2v) is 6.46. The molecule has 0 fully saturated rings. The number of amides is 2. The molecule has 0 radical (unpaired) electrons. The number of ether oxygens (including phenoxy) is 1. The van der Waals surface area contributed by atoms with E-state index in [1.165, 1.54) is 54.7 Å². The highest BCUT2D eigenvalue weighted by Gasteiger charge is 2.10. The Balaban J connectivity index is 1.50. The number of carbonyl (C=O) groups excluding carboxylic acids is 3. The maximum absolute atomic E-state index is 13.2. The Hall–Kier alpha value is -4.40. The average Bonchev–Trinajstić information content (AvgIpc) is 2.77. The van der Waals surface area contributed by atoms with Gasteiger partial charge in [0, 0.05) is 5.56 Å². The van der Waals surface area contributed by atoms with Crippen LogP contribution in [0.2, 0.25) is 0 Å². The largest absolute Gasteiger partial charge is 0.423 e. The topological polar surface area (TPSA) is 96.9 Å². The van der Waals surface area contributed by atoms with E-state index in [1.54, 1.807) is 12.1 Å². The highest BCUT2D eigenvalue weighted by Crippen LogP contribution is 2.15. The van der Waals surface area contributed by atoms with Crippen LogP contribution in [0, 0.1) is 11.6 Å². The maximum Gasteiger partial charge on any atom is 0.343 e. The van der Waals surface area contributed by atoms with Crippen molar-refractivity contribution < 1.29 is 27.9 Å². The maximum atomic E-state index is 13.2. The second kappa shape index (κ2) is 10.6. The molecule has 3 aromatic rings. The van der Waals surface area contributed by atoms with Crippen molar-refractivity contribution in [2.24, 2.45) is 5.10 Å². The van der Waals surface area contributed by atoms with E-state index in [9.17, 15) is 23.2 Å². The summed E-state index contributed by atoms with van der Waals surface area (Å²) in [6.07, 6.45) is 1.31. The highest BCUT2D eigenvalue weighted by molar-refractivity contribution is 5.96. The summed E-state index contributed by atoms with van der Waals surface area (Å²) < 4.78 is 31.6. The van der Waals surface area contributed by atoms with Gasteiger partial charge in [-0.1, -0.05) is 24.3 Å². The molecule has 0 atom stereocenters. The molecule has 2 N–H and O–H groups in total. The zero-order valence-electron chi connectivity index (χ0n) is 16.5. The van der Waals surface area contributed by atoms with Crippen LogP contribution in [0.4, 0.5) is 8.78 Å². The van der Waals surface area contributed by atoms with Crippen LogP contribution in [-0.2, 0) is 4.79 Å². The number of halogens is 2. The van der Waals surface area contributed by atoms with Crippen LogP contribution in [0.25, 0.3) is 0 Å². The van der Waals surface area contributed by atoms with Crippen molar-refractivity contribution in [3.8, 4) is 5.75 Å². The Morgan fingerprint density at radius 1 is 0.875 bits per heavy atom. The van der Waals surface area contributed by atoms with Gasteiger partial charge in [0.05, 0.1) is 18.3 Å². The smallest absolute Gasteiger partial charge is 0.343 e. The first-order valence-electron chi connectivity index (χ1n) is 9.34. The van der Waals surface area contributed by atoms with E-state index in [0.717, 1.165) is 12.1 Å². The molecule has 0 saturated carbocycles. The van der Waals surface area contributed by atoms with Crippen molar-refractivity contribution in [2.75, 3.05) is 6.54 Å². The fourth-order valence-electron chi connectivity index (χ4n) is 2.55. The Morgan fingerprint density at radius 2 is 1.53 bits per heavy atom. The Morgan fingerprint density at radius 3 is 2.25 bits per heavy atom. The van der Waals surface area contributed by atoms with Crippen molar-refractivity contribution in [1.82, 2.24) is 10.7 Å². The summed E-state index contributed by atoms with van der Waals surface area (Å²) in [6.45, 7) is -0.363. The summed E-state index contributed by atoms with van der Waals surface area (Å²) in [4.78, 5) is 35.8. The van der Waals surface area contributed by atoms with Gasteiger partial charge in [-0.05, 0) is 54.1 Å². The predicted octanol–water partition coefficient (Wildman–Crippen LogP) is 3.06. The Kier molecular flexibility index (Phi) is 7.37. The molecule has 3 rings (SSSR count). The Labute approximate surface area is 181 Å². The fourth-order valence-corrected chi connectivity index (χ4v) is 2.55. The van der Waals surface area contributed by atoms with Crippen LogP contribution >= 0.6 is 0 Å². The number of benzene rings is 3. The van der Waals surface area contributed by atoms with Gasteiger partial charge in [0.1, 0.15) is 17.4 Å². The van der Waals surface area contributed by atoms with Crippen LogP contribution in [0.3, 0.4) is 0 Å². The van der Waals surface area contributed by atoms with Crippen molar-refractivity contribution >= 4 is 24.0 Å².